The second kappa shape index (κ2) is 2.91. The van der Waals surface area contributed by atoms with E-state index in [2.05, 4.69) is 25.1 Å². The molecular formula is C6H5N5O2S. The van der Waals surface area contributed by atoms with Crippen molar-refractivity contribution < 1.29 is 8.42 Å². The van der Waals surface area contributed by atoms with E-state index < -0.39 is 9.84 Å². The Morgan fingerprint density at radius 2 is 1.71 bits per heavy atom. The highest BCUT2D eigenvalue weighted by Crippen LogP contribution is 2.03. The zero-order valence-corrected chi connectivity index (χ0v) is 7.93. The van der Waals surface area contributed by atoms with Gasteiger partial charge < -0.3 is 0 Å². The highest BCUT2D eigenvalue weighted by molar-refractivity contribution is 7.90. The van der Waals surface area contributed by atoms with Crippen molar-refractivity contribution in [3.8, 4) is 0 Å². The van der Waals surface area contributed by atoms with Crippen LogP contribution in [0.15, 0.2) is 17.6 Å². The van der Waals surface area contributed by atoms with Crippen LogP contribution >= 0.6 is 0 Å². The average molecular weight is 211 g/mol. The Kier molecular flexibility index (Phi) is 1.84. The summed E-state index contributed by atoms with van der Waals surface area (Å²) in [5.74, 6) is 0. The van der Waals surface area contributed by atoms with Gasteiger partial charge in [-0.15, -0.1) is 10.2 Å². The van der Waals surface area contributed by atoms with E-state index in [4.69, 9.17) is 0 Å². The van der Waals surface area contributed by atoms with Crippen LogP contribution in [0, 0.1) is 0 Å². The van der Waals surface area contributed by atoms with E-state index in [1.54, 1.807) is 0 Å². The van der Waals surface area contributed by atoms with Gasteiger partial charge in [-0.05, 0) is 0 Å². The molecule has 0 saturated carbocycles. The number of aromatic nitrogens is 5. The zero-order valence-electron chi connectivity index (χ0n) is 7.12. The fourth-order valence-electron chi connectivity index (χ4n) is 0.833. The van der Waals surface area contributed by atoms with E-state index in [1.165, 1.54) is 12.4 Å². The molecule has 0 aliphatic carbocycles. The third kappa shape index (κ3) is 1.51. The van der Waals surface area contributed by atoms with Crippen molar-refractivity contribution in [3.05, 3.63) is 12.4 Å². The van der Waals surface area contributed by atoms with Gasteiger partial charge in [0.2, 0.25) is 21.1 Å². The molecule has 2 aromatic heterocycles. The number of hydrogen-bond acceptors (Lipinski definition) is 7. The molecule has 0 aromatic carbocycles. The number of hydrogen-bond donors (Lipinski definition) is 0. The molecule has 2 aromatic rings. The molecule has 0 amide bonds. The summed E-state index contributed by atoms with van der Waals surface area (Å²) in [6.07, 6.45) is 3.84. The highest BCUT2D eigenvalue weighted by atomic mass is 32.2. The molecule has 0 radical (unpaired) electrons. The quantitative estimate of drug-likeness (QED) is 0.610. The second-order valence-corrected chi connectivity index (χ2v) is 4.48. The number of nitrogens with zero attached hydrogens (tertiary/aromatic N) is 5. The summed E-state index contributed by atoms with van der Waals surface area (Å²) >= 11 is 0. The van der Waals surface area contributed by atoms with Gasteiger partial charge in [0.25, 0.3) is 5.16 Å². The summed E-state index contributed by atoms with van der Waals surface area (Å²) in [5, 5.41) is 6.67. The summed E-state index contributed by atoms with van der Waals surface area (Å²) < 4.78 is 22.1. The molecule has 7 nitrogen and oxygen atoms in total. The van der Waals surface area contributed by atoms with Crippen molar-refractivity contribution >= 4 is 21.1 Å². The minimum atomic E-state index is -3.45. The van der Waals surface area contributed by atoms with Crippen molar-refractivity contribution in [2.24, 2.45) is 0 Å². The minimum Gasteiger partial charge on any atom is -0.232 e. The maximum atomic E-state index is 11.1. The van der Waals surface area contributed by atoms with E-state index >= 15 is 0 Å². The number of fused-ring (bicyclic) bond motifs is 1. The van der Waals surface area contributed by atoms with Gasteiger partial charge in [-0.3, -0.25) is 0 Å². The van der Waals surface area contributed by atoms with Crippen LogP contribution in [0.4, 0.5) is 0 Å². The van der Waals surface area contributed by atoms with E-state index in [1.807, 2.05) is 0 Å². The van der Waals surface area contributed by atoms with Gasteiger partial charge in [-0.25, -0.2) is 18.4 Å². The summed E-state index contributed by atoms with van der Waals surface area (Å²) in [4.78, 5) is 11.3. The van der Waals surface area contributed by atoms with E-state index in [0.717, 1.165) is 6.26 Å². The molecule has 2 rings (SSSR count). The lowest BCUT2D eigenvalue weighted by atomic mass is 10.6. The molecule has 8 heteroatoms. The lowest BCUT2D eigenvalue weighted by Gasteiger charge is -1.95. The summed E-state index contributed by atoms with van der Waals surface area (Å²) in [5.41, 5.74) is 0.392. The molecule has 0 aliphatic heterocycles. The van der Waals surface area contributed by atoms with Crippen LogP contribution in [-0.2, 0) is 9.84 Å². The maximum absolute atomic E-state index is 11.1. The normalized spacial score (nSPS) is 11.8. The monoisotopic (exact) mass is 211 g/mol. The molecule has 0 fully saturated rings. The fraction of sp³-hybridized carbons (Fsp3) is 0.167. The lowest BCUT2D eigenvalue weighted by Crippen LogP contribution is -2.06. The van der Waals surface area contributed by atoms with E-state index in [0.29, 0.717) is 0 Å². The minimum absolute atomic E-state index is 0.169. The van der Waals surface area contributed by atoms with Gasteiger partial charge in [0.15, 0.2) is 0 Å². The average Bonchev–Trinajstić information content (AvgIpc) is 2.16. The fourth-order valence-corrected chi connectivity index (χ4v) is 1.27. The van der Waals surface area contributed by atoms with E-state index in [-0.39, 0.29) is 16.5 Å². The molecule has 0 N–H and O–H groups in total. The molecule has 0 spiro atoms. The second-order valence-electron chi connectivity index (χ2n) is 2.57. The maximum Gasteiger partial charge on any atom is 0.269 e. The largest absolute Gasteiger partial charge is 0.269 e. The third-order valence-electron chi connectivity index (χ3n) is 1.42. The molecule has 0 saturated heterocycles. The smallest absolute Gasteiger partial charge is 0.232 e. The summed E-state index contributed by atoms with van der Waals surface area (Å²) in [6, 6.07) is 0. The van der Waals surface area contributed by atoms with Crippen LogP contribution in [-0.4, -0.2) is 39.8 Å². The Bertz CT molecular complexity index is 582. The predicted octanol–water partition coefficient (Wildman–Crippen LogP) is -0.782. The topological polar surface area (TPSA) is 98.6 Å². The molecule has 0 atom stereocenters. The third-order valence-corrected chi connectivity index (χ3v) is 2.26. The molecule has 0 aliphatic rings. The first-order chi connectivity index (χ1) is 6.57. The van der Waals surface area contributed by atoms with E-state index in [9.17, 15) is 8.42 Å². The van der Waals surface area contributed by atoms with Crippen LogP contribution in [0.25, 0.3) is 11.3 Å². The highest BCUT2D eigenvalue weighted by Gasteiger charge is 2.13. The Balaban J connectivity index is 2.75. The molecule has 72 valence electrons. The Morgan fingerprint density at radius 1 is 1.07 bits per heavy atom. The molecule has 0 bridgehead atoms. The summed E-state index contributed by atoms with van der Waals surface area (Å²) in [7, 11) is -3.45. The van der Waals surface area contributed by atoms with Gasteiger partial charge in [-0.2, -0.15) is 4.98 Å². The van der Waals surface area contributed by atoms with Crippen molar-refractivity contribution in [1.82, 2.24) is 25.1 Å². The van der Waals surface area contributed by atoms with Crippen LogP contribution in [0.1, 0.15) is 0 Å². The standard InChI is InChI=1S/C6H5N5O2S/c1-14(12,13)6-9-4-5(10-11-6)8-3-2-7-4/h2-3H,1H3. The molecular weight excluding hydrogens is 206 g/mol. The Morgan fingerprint density at radius 3 is 2.36 bits per heavy atom. The first-order valence-electron chi connectivity index (χ1n) is 3.59. The van der Waals surface area contributed by atoms with Gasteiger partial charge in [-0.1, -0.05) is 0 Å². The Labute approximate surface area is 79.2 Å². The van der Waals surface area contributed by atoms with Crippen LogP contribution in [0.3, 0.4) is 0 Å². The van der Waals surface area contributed by atoms with Crippen molar-refractivity contribution in [2.45, 2.75) is 5.16 Å². The molecule has 0 unspecified atom stereocenters. The van der Waals surface area contributed by atoms with Crippen molar-refractivity contribution in [2.75, 3.05) is 6.26 Å². The molecule has 14 heavy (non-hydrogen) atoms. The van der Waals surface area contributed by atoms with Gasteiger partial charge >= 0.3 is 0 Å². The van der Waals surface area contributed by atoms with Crippen LogP contribution in [0.5, 0.6) is 0 Å². The van der Waals surface area contributed by atoms with Crippen molar-refractivity contribution in [1.29, 1.82) is 0 Å². The first-order valence-corrected chi connectivity index (χ1v) is 5.48. The lowest BCUT2D eigenvalue weighted by molar-refractivity contribution is 0.590. The first kappa shape index (κ1) is 8.88. The SMILES string of the molecule is CS(=O)(=O)c1nnc2nccnc2n1. The number of sulfone groups is 1. The van der Waals surface area contributed by atoms with Crippen LogP contribution in [0.2, 0.25) is 0 Å². The molecule has 2 heterocycles. The van der Waals surface area contributed by atoms with Crippen LogP contribution < -0.4 is 0 Å². The Hall–Kier alpha value is -1.70. The summed E-state index contributed by atoms with van der Waals surface area (Å²) in [6.45, 7) is 0. The van der Waals surface area contributed by atoms with Gasteiger partial charge in [0, 0.05) is 18.6 Å². The number of rotatable bonds is 1. The van der Waals surface area contributed by atoms with Gasteiger partial charge in [0.1, 0.15) is 0 Å². The van der Waals surface area contributed by atoms with Crippen molar-refractivity contribution in [3.63, 3.8) is 0 Å². The van der Waals surface area contributed by atoms with Gasteiger partial charge in [0.05, 0.1) is 0 Å². The zero-order chi connectivity index (χ0) is 10.2. The predicted molar refractivity (Wildman–Crippen MR) is 46.0 cm³/mol.